The minimum absolute atomic E-state index is 0.214. The lowest BCUT2D eigenvalue weighted by Gasteiger charge is -2.13. The molecule has 0 saturated carbocycles. The zero-order valence-corrected chi connectivity index (χ0v) is 14.7. The van der Waals surface area contributed by atoms with Gasteiger partial charge in [0.2, 0.25) is 0 Å². The number of benzene rings is 1. The third-order valence-electron chi connectivity index (χ3n) is 3.03. The van der Waals surface area contributed by atoms with Crippen LogP contribution in [-0.2, 0) is 0 Å². The van der Waals surface area contributed by atoms with Gasteiger partial charge in [0, 0.05) is 17.2 Å². The fourth-order valence-electron chi connectivity index (χ4n) is 1.77. The normalized spacial score (nSPS) is 10.8. The number of rotatable bonds is 4. The molecule has 1 aromatic carbocycles. The van der Waals surface area contributed by atoms with Crippen LogP contribution in [0.25, 0.3) is 0 Å². The largest absolute Gasteiger partial charge is 0.496 e. The molecule has 0 spiro atoms. The second-order valence-electron chi connectivity index (χ2n) is 4.98. The van der Waals surface area contributed by atoms with E-state index < -0.39 is 0 Å². The van der Waals surface area contributed by atoms with Gasteiger partial charge in [-0.1, -0.05) is 25.4 Å². The number of anilines is 2. The average molecular weight is 371 g/mol. The molecular formula is C15H17BrClN3O. The molecule has 0 amide bonds. The number of methoxy groups -OCH3 is 1. The first-order chi connectivity index (χ1) is 9.92. The first-order valence-electron chi connectivity index (χ1n) is 6.57. The summed E-state index contributed by atoms with van der Waals surface area (Å²) in [5.41, 5.74) is 1.73. The van der Waals surface area contributed by atoms with Crippen LogP contribution < -0.4 is 10.1 Å². The smallest absolute Gasteiger partial charge is 0.138 e. The van der Waals surface area contributed by atoms with Crippen LogP contribution in [0.4, 0.5) is 11.5 Å². The standard InChI is InChI=1S/C15H17BrClN3O/c1-8(2)14-19-13(17)9(3)15(20-14)18-10-5-6-12(21-4)11(16)7-10/h5-8H,1-4H3,(H,18,19,20). The zero-order chi connectivity index (χ0) is 15.6. The summed E-state index contributed by atoms with van der Waals surface area (Å²) in [5.74, 6) is 2.43. The van der Waals surface area contributed by atoms with E-state index in [4.69, 9.17) is 16.3 Å². The summed E-state index contributed by atoms with van der Waals surface area (Å²) in [7, 11) is 1.64. The summed E-state index contributed by atoms with van der Waals surface area (Å²) >= 11 is 9.66. The van der Waals surface area contributed by atoms with Crippen molar-refractivity contribution in [1.82, 2.24) is 9.97 Å². The molecule has 1 aromatic heterocycles. The van der Waals surface area contributed by atoms with Gasteiger partial charge in [0.1, 0.15) is 22.5 Å². The molecule has 0 fully saturated rings. The Morgan fingerprint density at radius 3 is 2.57 bits per heavy atom. The molecule has 0 unspecified atom stereocenters. The van der Waals surface area contributed by atoms with Gasteiger partial charge in [-0.05, 0) is 41.1 Å². The highest BCUT2D eigenvalue weighted by molar-refractivity contribution is 9.10. The van der Waals surface area contributed by atoms with E-state index >= 15 is 0 Å². The van der Waals surface area contributed by atoms with E-state index in [1.54, 1.807) is 7.11 Å². The first-order valence-corrected chi connectivity index (χ1v) is 7.74. The zero-order valence-electron chi connectivity index (χ0n) is 12.4. The molecule has 0 saturated heterocycles. The topological polar surface area (TPSA) is 47.0 Å². The highest BCUT2D eigenvalue weighted by atomic mass is 79.9. The Morgan fingerprint density at radius 1 is 1.29 bits per heavy atom. The molecular weight excluding hydrogens is 354 g/mol. The van der Waals surface area contributed by atoms with Crippen LogP contribution in [0, 0.1) is 6.92 Å². The van der Waals surface area contributed by atoms with Crippen LogP contribution in [0.3, 0.4) is 0 Å². The lowest BCUT2D eigenvalue weighted by molar-refractivity contribution is 0.412. The van der Waals surface area contributed by atoms with Gasteiger partial charge in [-0.25, -0.2) is 9.97 Å². The summed E-state index contributed by atoms with van der Waals surface area (Å²) in [6.45, 7) is 5.97. The molecule has 0 aliphatic carbocycles. The maximum absolute atomic E-state index is 6.19. The quantitative estimate of drug-likeness (QED) is 0.763. The fourth-order valence-corrected chi connectivity index (χ4v) is 2.48. The molecule has 0 aliphatic rings. The van der Waals surface area contributed by atoms with Crippen molar-refractivity contribution in [2.75, 3.05) is 12.4 Å². The predicted octanol–water partition coefficient (Wildman–Crippen LogP) is 5.08. The number of nitrogens with one attached hydrogen (secondary N) is 1. The van der Waals surface area contributed by atoms with E-state index in [1.807, 2.05) is 39.0 Å². The summed E-state index contributed by atoms with van der Waals surface area (Å²) in [4.78, 5) is 8.85. The molecule has 6 heteroatoms. The number of hydrogen-bond donors (Lipinski definition) is 1. The molecule has 112 valence electrons. The Bertz CT molecular complexity index is 662. The Labute approximate surface area is 138 Å². The second-order valence-corrected chi connectivity index (χ2v) is 6.19. The SMILES string of the molecule is COc1ccc(Nc2nc(C(C)C)nc(Cl)c2C)cc1Br. The van der Waals surface area contributed by atoms with E-state index in [-0.39, 0.29) is 5.92 Å². The molecule has 21 heavy (non-hydrogen) atoms. The van der Waals surface area contributed by atoms with Crippen molar-refractivity contribution in [3.05, 3.63) is 39.2 Å². The van der Waals surface area contributed by atoms with Crippen LogP contribution in [0.2, 0.25) is 5.15 Å². The average Bonchev–Trinajstić information content (AvgIpc) is 2.43. The third-order valence-corrected chi connectivity index (χ3v) is 4.02. The molecule has 4 nitrogen and oxygen atoms in total. The van der Waals surface area contributed by atoms with Crippen molar-refractivity contribution in [1.29, 1.82) is 0 Å². The van der Waals surface area contributed by atoms with Gasteiger partial charge in [0.25, 0.3) is 0 Å². The van der Waals surface area contributed by atoms with Gasteiger partial charge in [0.05, 0.1) is 11.6 Å². The summed E-state index contributed by atoms with van der Waals surface area (Å²) in [5, 5.41) is 3.76. The highest BCUT2D eigenvalue weighted by Gasteiger charge is 2.12. The maximum Gasteiger partial charge on any atom is 0.138 e. The highest BCUT2D eigenvalue weighted by Crippen LogP contribution is 2.31. The lowest BCUT2D eigenvalue weighted by atomic mass is 10.2. The summed E-state index contributed by atoms with van der Waals surface area (Å²) in [6.07, 6.45) is 0. The Kier molecular flexibility index (Phi) is 5.06. The van der Waals surface area contributed by atoms with Crippen LogP contribution in [0.5, 0.6) is 5.75 Å². The lowest BCUT2D eigenvalue weighted by Crippen LogP contribution is -2.05. The molecule has 2 rings (SSSR count). The number of halogens is 2. The van der Waals surface area contributed by atoms with Crippen LogP contribution in [0.1, 0.15) is 31.2 Å². The molecule has 0 aliphatic heterocycles. The van der Waals surface area contributed by atoms with Crippen molar-refractivity contribution in [3.63, 3.8) is 0 Å². The Balaban J connectivity index is 2.37. The molecule has 2 aromatic rings. The van der Waals surface area contributed by atoms with Crippen molar-refractivity contribution < 1.29 is 4.74 Å². The van der Waals surface area contributed by atoms with Gasteiger partial charge < -0.3 is 10.1 Å². The maximum atomic E-state index is 6.19. The summed E-state index contributed by atoms with van der Waals surface area (Å²) < 4.78 is 6.09. The third kappa shape index (κ3) is 3.66. The minimum atomic E-state index is 0.214. The van der Waals surface area contributed by atoms with Crippen molar-refractivity contribution in [3.8, 4) is 5.75 Å². The Hall–Kier alpha value is -1.33. The predicted molar refractivity (Wildman–Crippen MR) is 89.8 cm³/mol. The van der Waals surface area contributed by atoms with Crippen LogP contribution in [0.15, 0.2) is 22.7 Å². The monoisotopic (exact) mass is 369 g/mol. The number of nitrogens with zero attached hydrogens (tertiary/aromatic N) is 2. The van der Waals surface area contributed by atoms with Gasteiger partial charge in [-0.15, -0.1) is 0 Å². The number of ether oxygens (including phenoxy) is 1. The molecule has 1 N–H and O–H groups in total. The molecule has 0 bridgehead atoms. The van der Waals surface area contributed by atoms with Gasteiger partial charge in [-0.3, -0.25) is 0 Å². The number of aromatic nitrogens is 2. The first kappa shape index (κ1) is 16.0. The Morgan fingerprint density at radius 2 is 2.00 bits per heavy atom. The van der Waals surface area contributed by atoms with Crippen LogP contribution in [-0.4, -0.2) is 17.1 Å². The molecule has 1 heterocycles. The van der Waals surface area contributed by atoms with Gasteiger partial charge in [-0.2, -0.15) is 0 Å². The second kappa shape index (κ2) is 6.62. The molecule has 0 atom stereocenters. The minimum Gasteiger partial charge on any atom is -0.496 e. The number of hydrogen-bond acceptors (Lipinski definition) is 4. The molecule has 0 radical (unpaired) electrons. The van der Waals surface area contributed by atoms with Crippen molar-refractivity contribution in [2.45, 2.75) is 26.7 Å². The van der Waals surface area contributed by atoms with E-state index in [0.29, 0.717) is 5.15 Å². The van der Waals surface area contributed by atoms with E-state index in [2.05, 4.69) is 31.2 Å². The van der Waals surface area contributed by atoms with Gasteiger partial charge in [0.15, 0.2) is 0 Å². The van der Waals surface area contributed by atoms with E-state index in [0.717, 1.165) is 33.1 Å². The van der Waals surface area contributed by atoms with E-state index in [9.17, 15) is 0 Å². The van der Waals surface area contributed by atoms with Crippen molar-refractivity contribution in [2.24, 2.45) is 0 Å². The fraction of sp³-hybridized carbons (Fsp3) is 0.333. The van der Waals surface area contributed by atoms with Crippen LogP contribution >= 0.6 is 27.5 Å². The van der Waals surface area contributed by atoms with E-state index in [1.165, 1.54) is 0 Å². The van der Waals surface area contributed by atoms with Crippen molar-refractivity contribution >= 4 is 39.0 Å². The summed E-state index contributed by atoms with van der Waals surface area (Å²) in [6, 6.07) is 5.74. The van der Waals surface area contributed by atoms with Gasteiger partial charge >= 0.3 is 0 Å².